The Morgan fingerprint density at radius 1 is 1.09 bits per heavy atom. The minimum atomic E-state index is -5.08. The average molecular weight is 647 g/mol. The van der Waals surface area contributed by atoms with Crippen LogP contribution in [0, 0.1) is 24.0 Å². The maximum Gasteiger partial charge on any atom is 0.433 e. The van der Waals surface area contributed by atoms with Crippen LogP contribution in [-0.2, 0) is 17.5 Å². The molecule has 2 heterocycles. The van der Waals surface area contributed by atoms with Crippen LogP contribution in [0.4, 0.5) is 22.0 Å². The molecule has 1 N–H and O–H groups in total. The number of hydrogen-bond acceptors (Lipinski definition) is 5. The minimum absolute atomic E-state index is 0.0589. The first-order valence-corrected chi connectivity index (χ1v) is 13.7. The lowest BCUT2D eigenvalue weighted by molar-refractivity contribution is -0.152. The highest BCUT2D eigenvalue weighted by Crippen LogP contribution is 2.43. The number of pyridine rings is 1. The molecule has 0 unspecified atom stereocenters. The number of Topliss-reactive ketones (excluding diaryl/α,β-unsaturated/α-hetero) is 1. The average Bonchev–Trinajstić information content (AvgIpc) is 3.33. The highest BCUT2D eigenvalue weighted by Gasteiger charge is 2.45. The summed E-state index contributed by atoms with van der Waals surface area (Å²) in [4.78, 5) is 43.3. The summed E-state index contributed by atoms with van der Waals surface area (Å²) in [6, 6.07) is 2.80. The molecule has 1 aliphatic carbocycles. The number of aliphatic carboxylic acids is 1. The summed E-state index contributed by atoms with van der Waals surface area (Å²) in [6.45, 7) is 1.55. The number of carbonyl (C=O) groups is 3. The Balaban J connectivity index is 1.74. The van der Waals surface area contributed by atoms with Crippen LogP contribution in [0.3, 0.4) is 0 Å². The van der Waals surface area contributed by atoms with Crippen molar-refractivity contribution >= 4 is 40.9 Å². The van der Waals surface area contributed by atoms with Gasteiger partial charge in [-0.2, -0.15) is 18.3 Å². The minimum Gasteiger partial charge on any atom is -0.481 e. The summed E-state index contributed by atoms with van der Waals surface area (Å²) >= 11 is 12.3. The van der Waals surface area contributed by atoms with Crippen LogP contribution in [-0.4, -0.2) is 49.0 Å². The van der Waals surface area contributed by atoms with Crippen molar-refractivity contribution in [3.05, 3.63) is 80.4 Å². The molecule has 0 bridgehead atoms. The van der Waals surface area contributed by atoms with Gasteiger partial charge in [0.25, 0.3) is 5.91 Å². The predicted octanol–water partition coefficient (Wildman–Crippen LogP) is 6.92. The molecular formula is C28H25Cl2F5N4O4. The van der Waals surface area contributed by atoms with Gasteiger partial charge in [-0.3, -0.25) is 19.1 Å². The van der Waals surface area contributed by atoms with E-state index >= 15 is 0 Å². The number of carboxylic acid groups (broad SMARTS) is 1. The summed E-state index contributed by atoms with van der Waals surface area (Å²) in [6.07, 6.45) is -4.07. The number of benzene rings is 1. The number of halogens is 7. The maximum atomic E-state index is 14.5. The van der Waals surface area contributed by atoms with E-state index in [1.165, 1.54) is 13.0 Å². The third kappa shape index (κ3) is 6.98. The monoisotopic (exact) mass is 646 g/mol. The lowest BCUT2D eigenvalue weighted by atomic mass is 9.74. The van der Waals surface area contributed by atoms with Crippen LogP contribution in [0.25, 0.3) is 0 Å². The Morgan fingerprint density at radius 3 is 2.23 bits per heavy atom. The fourth-order valence-electron chi connectivity index (χ4n) is 5.17. The van der Waals surface area contributed by atoms with Crippen LogP contribution in [0.15, 0.2) is 30.5 Å². The molecule has 2 aromatic heterocycles. The van der Waals surface area contributed by atoms with E-state index in [9.17, 15) is 41.4 Å². The van der Waals surface area contributed by atoms with Crippen LogP contribution < -0.4 is 0 Å². The number of carbonyl (C=O) groups excluding carboxylic acids is 2. The zero-order chi connectivity index (χ0) is 31.9. The first-order chi connectivity index (χ1) is 20.0. The highest BCUT2D eigenvalue weighted by atomic mass is 35.5. The molecule has 4 rings (SSSR count). The third-order valence-electron chi connectivity index (χ3n) is 7.47. The van der Waals surface area contributed by atoms with Crippen molar-refractivity contribution in [1.82, 2.24) is 19.7 Å². The second-order valence-corrected chi connectivity index (χ2v) is 11.5. The summed E-state index contributed by atoms with van der Waals surface area (Å²) in [7, 11) is 0. The molecule has 0 radical (unpaired) electrons. The lowest BCUT2D eigenvalue weighted by Crippen LogP contribution is -2.37. The molecule has 8 nitrogen and oxygen atoms in total. The van der Waals surface area contributed by atoms with Crippen molar-refractivity contribution in [3.8, 4) is 0 Å². The quantitative estimate of drug-likeness (QED) is 0.162. The molecule has 1 fully saturated rings. The van der Waals surface area contributed by atoms with Gasteiger partial charge in [0.2, 0.25) is 0 Å². The van der Waals surface area contributed by atoms with Crippen LogP contribution >= 0.6 is 23.2 Å². The second kappa shape index (κ2) is 12.2. The molecule has 1 saturated carbocycles. The molecule has 3 aromatic rings. The molecule has 43 heavy (non-hydrogen) atoms. The Morgan fingerprint density at radius 2 is 1.70 bits per heavy atom. The number of rotatable bonds is 8. The Bertz CT molecular complexity index is 1540. The fourth-order valence-corrected chi connectivity index (χ4v) is 5.91. The smallest absolute Gasteiger partial charge is 0.433 e. The predicted molar refractivity (Wildman–Crippen MR) is 145 cm³/mol. The molecule has 230 valence electrons. The van der Waals surface area contributed by atoms with Crippen LogP contribution in [0.1, 0.15) is 76.3 Å². The van der Waals surface area contributed by atoms with Gasteiger partial charge < -0.3 is 10.0 Å². The van der Waals surface area contributed by atoms with Crippen molar-refractivity contribution in [2.75, 3.05) is 6.54 Å². The molecule has 1 amide bonds. The SMILES string of the molecule is Cc1cc(Cl)c(C(=O)CN(Cc2cc(F)cc(F)c2)C(=O)c2cnn(C3CCC(C)(C(=O)O)CC3)c2C(F)(F)F)c(Cl)n1. The van der Waals surface area contributed by atoms with E-state index in [-0.39, 0.29) is 47.0 Å². The number of aromatic nitrogens is 3. The molecule has 1 aromatic carbocycles. The van der Waals surface area contributed by atoms with E-state index in [1.54, 1.807) is 6.92 Å². The van der Waals surface area contributed by atoms with Gasteiger partial charge in [-0.05, 0) is 63.3 Å². The van der Waals surface area contributed by atoms with Gasteiger partial charge in [-0.15, -0.1) is 0 Å². The number of nitrogens with zero attached hydrogens (tertiary/aromatic N) is 4. The zero-order valence-corrected chi connectivity index (χ0v) is 24.3. The molecule has 0 spiro atoms. The summed E-state index contributed by atoms with van der Waals surface area (Å²) < 4.78 is 72.0. The zero-order valence-electron chi connectivity index (χ0n) is 22.8. The normalized spacial score (nSPS) is 18.9. The topological polar surface area (TPSA) is 105 Å². The molecular weight excluding hydrogens is 622 g/mol. The van der Waals surface area contributed by atoms with Gasteiger partial charge in [0.15, 0.2) is 11.5 Å². The Labute approximate surface area is 252 Å². The Hall–Kier alpha value is -3.58. The van der Waals surface area contributed by atoms with Gasteiger partial charge in [-0.1, -0.05) is 23.2 Å². The first kappa shape index (κ1) is 32.3. The first-order valence-electron chi connectivity index (χ1n) is 13.0. The molecule has 0 atom stereocenters. The van der Waals surface area contributed by atoms with Gasteiger partial charge in [0.1, 0.15) is 16.8 Å². The van der Waals surface area contributed by atoms with E-state index in [0.717, 1.165) is 12.1 Å². The van der Waals surface area contributed by atoms with Gasteiger partial charge in [0, 0.05) is 18.3 Å². The Kier molecular flexibility index (Phi) is 9.17. The number of ketones is 1. The van der Waals surface area contributed by atoms with Gasteiger partial charge in [0.05, 0.1) is 40.3 Å². The van der Waals surface area contributed by atoms with Gasteiger partial charge in [-0.25, -0.2) is 13.8 Å². The van der Waals surface area contributed by atoms with Crippen molar-refractivity contribution < 1.29 is 41.4 Å². The number of alkyl halides is 3. The number of amides is 1. The fraction of sp³-hybridized carbons (Fsp3) is 0.393. The van der Waals surface area contributed by atoms with Crippen molar-refractivity contribution in [2.45, 2.75) is 58.3 Å². The van der Waals surface area contributed by atoms with Gasteiger partial charge >= 0.3 is 12.1 Å². The summed E-state index contributed by atoms with van der Waals surface area (Å²) in [5.41, 5.74) is -3.44. The number of carboxylic acids is 1. The molecule has 15 heteroatoms. The van der Waals surface area contributed by atoms with Crippen molar-refractivity contribution in [1.29, 1.82) is 0 Å². The van der Waals surface area contributed by atoms with Crippen molar-refractivity contribution in [2.24, 2.45) is 5.41 Å². The van der Waals surface area contributed by atoms with Crippen LogP contribution in [0.2, 0.25) is 10.2 Å². The van der Waals surface area contributed by atoms with E-state index in [4.69, 9.17) is 23.2 Å². The van der Waals surface area contributed by atoms with Crippen LogP contribution in [0.5, 0.6) is 0 Å². The maximum absolute atomic E-state index is 14.5. The van der Waals surface area contributed by atoms with E-state index in [0.29, 0.717) is 27.5 Å². The number of aryl methyl sites for hydroxylation is 1. The standard InChI is InChI=1S/C28H25Cl2F5N4O4/c1-14-7-20(29)22(24(30)37-14)21(40)13-38(12-15-8-16(31)10-17(32)9-15)25(41)19-11-36-39(23(19)28(33,34)35)18-3-5-27(2,6-4-18)26(42)43/h7-11,18H,3-6,12-13H2,1-2H3,(H,42,43). The molecule has 1 aliphatic rings. The second-order valence-electron chi connectivity index (χ2n) is 10.7. The third-order valence-corrected chi connectivity index (χ3v) is 8.04. The molecule has 0 aliphatic heterocycles. The molecule has 0 saturated heterocycles. The van der Waals surface area contributed by atoms with E-state index in [2.05, 4.69) is 10.1 Å². The summed E-state index contributed by atoms with van der Waals surface area (Å²) in [5, 5.41) is 12.9. The summed E-state index contributed by atoms with van der Waals surface area (Å²) in [5.74, 6) is -5.24. The number of hydrogen-bond donors (Lipinski definition) is 1. The van der Waals surface area contributed by atoms with Crippen molar-refractivity contribution in [3.63, 3.8) is 0 Å². The highest BCUT2D eigenvalue weighted by molar-refractivity contribution is 6.39. The largest absolute Gasteiger partial charge is 0.481 e. The lowest BCUT2D eigenvalue weighted by Gasteiger charge is -2.34. The van der Waals surface area contributed by atoms with E-state index in [1.807, 2.05) is 0 Å². The van der Waals surface area contributed by atoms with E-state index < -0.39 is 71.3 Å².